The number of nitrogens with zero attached hydrogens (tertiary/aromatic N) is 2. The third-order valence-electron chi connectivity index (χ3n) is 15.9. The van der Waals surface area contributed by atoms with Gasteiger partial charge >= 0.3 is 0 Å². The number of fused-ring (bicyclic) bond motifs is 13. The standard InChI is InChI=1S/C62H61BN2S/c1-58(2,3)36-22-27-39(28-23-36)64-50-31-26-38(60(7,8)9)32-49(50)63-54-51(34-44-42-19-15-17-21-47(42)62(12,13)53(44)56(54)64)65(40-29-24-37(25-30-40)59(4,5)6)55-45-33-43-41-18-14-16-20-46(41)61(10,11)48(43)35-52(45)66-57(55)63/h14-35H,1-13H3. The van der Waals surface area contributed by atoms with Gasteiger partial charge in [0, 0.05) is 54.1 Å². The summed E-state index contributed by atoms with van der Waals surface area (Å²) in [6, 6.07) is 52.6. The second-order valence-corrected chi connectivity index (χ2v) is 24.9. The lowest BCUT2D eigenvalue weighted by Gasteiger charge is -2.46. The first-order chi connectivity index (χ1) is 31.2. The van der Waals surface area contributed by atoms with Crippen molar-refractivity contribution in [2.24, 2.45) is 0 Å². The monoisotopic (exact) mass is 876 g/mol. The largest absolute Gasteiger partial charge is 0.311 e. The predicted octanol–water partition coefficient (Wildman–Crippen LogP) is 15.5. The van der Waals surface area contributed by atoms with Gasteiger partial charge in [0.05, 0.1) is 5.69 Å². The molecule has 12 rings (SSSR count). The van der Waals surface area contributed by atoms with Crippen molar-refractivity contribution in [3.63, 3.8) is 0 Å². The molecule has 0 saturated carbocycles. The Balaban J connectivity index is 1.25. The number of rotatable bonds is 2. The van der Waals surface area contributed by atoms with Gasteiger partial charge in [-0.1, -0.05) is 175 Å². The molecule has 0 radical (unpaired) electrons. The molecule has 1 aromatic heterocycles. The van der Waals surface area contributed by atoms with E-state index in [2.05, 4.69) is 233 Å². The SMILES string of the molecule is CC(C)(C)c1ccc(N2c3ccc(C(C)(C)C)cc3B3c4sc5cc6c(cc5c4N(c4ccc(C(C)(C)C)cc4)c4cc5c(c2c43)C(C)(C)c2ccccc2-5)-c2ccccc2C6(C)C)cc1. The lowest BCUT2D eigenvalue weighted by Crippen LogP contribution is -2.61. The van der Waals surface area contributed by atoms with Crippen LogP contribution >= 0.6 is 11.3 Å². The molecule has 0 atom stereocenters. The van der Waals surface area contributed by atoms with E-state index in [1.54, 1.807) is 0 Å². The number of thiophene rings is 1. The third-order valence-corrected chi connectivity index (χ3v) is 17.1. The van der Waals surface area contributed by atoms with E-state index in [0.717, 1.165) is 0 Å². The van der Waals surface area contributed by atoms with Crippen molar-refractivity contribution >= 4 is 78.0 Å². The average Bonchev–Trinajstić information content (AvgIpc) is 3.83. The van der Waals surface area contributed by atoms with Gasteiger partial charge < -0.3 is 9.80 Å². The van der Waals surface area contributed by atoms with Gasteiger partial charge in [-0.15, -0.1) is 11.3 Å². The summed E-state index contributed by atoms with van der Waals surface area (Å²) in [4.78, 5) is 5.35. The third kappa shape index (κ3) is 5.67. The van der Waals surface area contributed by atoms with Crippen molar-refractivity contribution < 1.29 is 0 Å². The van der Waals surface area contributed by atoms with E-state index in [4.69, 9.17) is 0 Å². The number of benzene rings is 7. The van der Waals surface area contributed by atoms with Crippen LogP contribution in [0.4, 0.5) is 34.1 Å². The fraction of sp³-hybridized carbons (Fsp3) is 0.290. The van der Waals surface area contributed by atoms with Crippen LogP contribution in [0.1, 0.15) is 129 Å². The molecule has 0 unspecified atom stereocenters. The van der Waals surface area contributed by atoms with Crippen molar-refractivity contribution in [1.82, 2.24) is 0 Å². The predicted molar refractivity (Wildman–Crippen MR) is 287 cm³/mol. The van der Waals surface area contributed by atoms with Crippen LogP contribution < -0.4 is 25.5 Å². The van der Waals surface area contributed by atoms with Crippen molar-refractivity contribution in [2.75, 3.05) is 9.80 Å². The van der Waals surface area contributed by atoms with Crippen LogP contribution in [0.15, 0.2) is 133 Å². The highest BCUT2D eigenvalue weighted by molar-refractivity contribution is 7.33. The van der Waals surface area contributed by atoms with E-state index < -0.39 is 0 Å². The zero-order valence-corrected chi connectivity index (χ0v) is 41.9. The van der Waals surface area contributed by atoms with Crippen LogP contribution in [0.3, 0.4) is 0 Å². The first kappa shape index (κ1) is 41.6. The summed E-state index contributed by atoms with van der Waals surface area (Å²) in [5, 5.41) is 1.34. The molecule has 3 heterocycles. The Morgan fingerprint density at radius 1 is 0.455 bits per heavy atom. The number of hydrogen-bond donors (Lipinski definition) is 0. The highest BCUT2D eigenvalue weighted by atomic mass is 32.1. The summed E-state index contributed by atoms with van der Waals surface area (Å²) in [5.74, 6) is 0. The number of anilines is 6. The molecule has 328 valence electrons. The average molecular weight is 877 g/mol. The van der Waals surface area contributed by atoms with Crippen LogP contribution in [0.2, 0.25) is 0 Å². The molecule has 2 aliphatic heterocycles. The summed E-state index contributed by atoms with van der Waals surface area (Å²) >= 11 is 2.03. The molecular weight excluding hydrogens is 816 g/mol. The van der Waals surface area contributed by atoms with E-state index in [9.17, 15) is 0 Å². The quantitative estimate of drug-likeness (QED) is 0.160. The molecule has 0 fully saturated rings. The van der Waals surface area contributed by atoms with E-state index in [0.29, 0.717) is 0 Å². The summed E-state index contributed by atoms with van der Waals surface area (Å²) in [7, 11) is 0. The van der Waals surface area contributed by atoms with Gasteiger partial charge in [-0.2, -0.15) is 0 Å². The molecule has 2 nitrogen and oxygen atoms in total. The minimum atomic E-state index is -0.243. The minimum Gasteiger partial charge on any atom is -0.311 e. The second kappa shape index (κ2) is 13.4. The molecule has 8 aromatic rings. The van der Waals surface area contributed by atoms with E-state index in [-0.39, 0.29) is 33.8 Å². The fourth-order valence-electron chi connectivity index (χ4n) is 12.2. The molecular formula is C62H61BN2S. The zero-order chi connectivity index (χ0) is 46.2. The Labute approximate surface area is 397 Å². The van der Waals surface area contributed by atoms with Gasteiger partial charge in [-0.3, -0.25) is 0 Å². The molecule has 0 saturated heterocycles. The van der Waals surface area contributed by atoms with Gasteiger partial charge in [0.25, 0.3) is 6.71 Å². The highest BCUT2D eigenvalue weighted by Gasteiger charge is 2.51. The Bertz CT molecular complexity index is 3360. The molecule has 0 spiro atoms. The van der Waals surface area contributed by atoms with Crippen LogP contribution in [0.5, 0.6) is 0 Å². The Hall–Kier alpha value is -5.84. The molecule has 2 aliphatic carbocycles. The first-order valence-electron chi connectivity index (χ1n) is 24.1. The van der Waals surface area contributed by atoms with Crippen molar-refractivity contribution in [1.29, 1.82) is 0 Å². The van der Waals surface area contributed by atoms with E-state index in [1.165, 1.54) is 121 Å². The summed E-state index contributed by atoms with van der Waals surface area (Å²) in [5.41, 5.74) is 25.2. The molecule has 4 heteroatoms. The summed E-state index contributed by atoms with van der Waals surface area (Å²) in [6.07, 6.45) is 0. The minimum absolute atomic E-state index is 0.0230. The van der Waals surface area contributed by atoms with Gasteiger partial charge in [0.2, 0.25) is 0 Å². The topological polar surface area (TPSA) is 6.48 Å². The van der Waals surface area contributed by atoms with E-state index in [1.807, 2.05) is 11.3 Å². The lowest BCUT2D eigenvalue weighted by molar-refractivity contribution is 0.590. The summed E-state index contributed by atoms with van der Waals surface area (Å²) < 4.78 is 2.79. The zero-order valence-electron chi connectivity index (χ0n) is 41.1. The van der Waals surface area contributed by atoms with Crippen LogP contribution in [-0.4, -0.2) is 6.71 Å². The molecule has 0 amide bonds. The Kier molecular flexibility index (Phi) is 8.45. The maximum Gasteiger partial charge on any atom is 0.264 e. The molecule has 66 heavy (non-hydrogen) atoms. The molecule has 0 bridgehead atoms. The maximum atomic E-state index is 2.68. The lowest BCUT2D eigenvalue weighted by atomic mass is 9.35. The van der Waals surface area contributed by atoms with E-state index >= 15 is 0 Å². The fourth-order valence-corrected chi connectivity index (χ4v) is 13.6. The number of hydrogen-bond acceptors (Lipinski definition) is 3. The molecule has 4 aliphatic rings. The first-order valence-corrected chi connectivity index (χ1v) is 24.9. The Morgan fingerprint density at radius 3 is 1.55 bits per heavy atom. The van der Waals surface area contributed by atoms with Crippen LogP contribution in [0, 0.1) is 0 Å². The van der Waals surface area contributed by atoms with Gasteiger partial charge in [0.1, 0.15) is 0 Å². The van der Waals surface area contributed by atoms with Crippen molar-refractivity contribution in [3.05, 3.63) is 172 Å². The normalized spacial score (nSPS) is 16.1. The van der Waals surface area contributed by atoms with Gasteiger partial charge in [0.15, 0.2) is 0 Å². The Morgan fingerprint density at radius 2 is 0.970 bits per heavy atom. The van der Waals surface area contributed by atoms with Crippen molar-refractivity contribution in [3.8, 4) is 22.3 Å². The highest BCUT2D eigenvalue weighted by Crippen LogP contribution is 2.59. The second-order valence-electron chi connectivity index (χ2n) is 23.9. The van der Waals surface area contributed by atoms with Gasteiger partial charge in [-0.25, -0.2) is 0 Å². The van der Waals surface area contributed by atoms with Crippen LogP contribution in [-0.2, 0) is 27.1 Å². The van der Waals surface area contributed by atoms with Gasteiger partial charge in [-0.05, 0) is 137 Å². The maximum absolute atomic E-state index is 2.68. The van der Waals surface area contributed by atoms with Crippen molar-refractivity contribution in [2.45, 2.75) is 117 Å². The molecule has 0 N–H and O–H groups in total. The summed E-state index contributed by atoms with van der Waals surface area (Å²) in [6.45, 7) is 30.8. The molecule has 7 aromatic carbocycles. The smallest absolute Gasteiger partial charge is 0.264 e. The van der Waals surface area contributed by atoms with Crippen LogP contribution in [0.25, 0.3) is 32.3 Å².